The zero-order valence-corrected chi connectivity index (χ0v) is 7.27. The van der Waals surface area contributed by atoms with Crippen LogP contribution in [0.5, 0.6) is 0 Å². The van der Waals surface area contributed by atoms with E-state index in [2.05, 4.69) is 10.6 Å². The van der Waals surface area contributed by atoms with E-state index in [1.165, 1.54) is 11.3 Å². The predicted molar refractivity (Wildman–Crippen MR) is 47.4 cm³/mol. The Labute approximate surface area is 73.6 Å². The average molecular weight is 184 g/mol. The van der Waals surface area contributed by atoms with Crippen LogP contribution in [-0.4, -0.2) is 19.4 Å². The number of amides is 2. The maximum Gasteiger partial charge on any atom is 0.263 e. The summed E-state index contributed by atoms with van der Waals surface area (Å²) in [6.45, 7) is 0. The van der Waals surface area contributed by atoms with Gasteiger partial charge >= 0.3 is 0 Å². The second-order valence-electron chi connectivity index (χ2n) is 2.00. The van der Waals surface area contributed by atoms with Gasteiger partial charge in [0.2, 0.25) is 6.41 Å². The van der Waals surface area contributed by atoms with E-state index in [0.717, 1.165) is 0 Å². The van der Waals surface area contributed by atoms with Crippen molar-refractivity contribution in [2.24, 2.45) is 0 Å². The first-order valence-corrected chi connectivity index (χ1v) is 4.17. The molecule has 0 aliphatic rings. The normalized spacial score (nSPS) is 9.08. The van der Waals surface area contributed by atoms with Gasteiger partial charge in [-0.25, -0.2) is 0 Å². The van der Waals surface area contributed by atoms with Gasteiger partial charge in [0, 0.05) is 7.05 Å². The Morgan fingerprint density at radius 2 is 2.42 bits per heavy atom. The van der Waals surface area contributed by atoms with E-state index >= 15 is 0 Å². The van der Waals surface area contributed by atoms with Crippen LogP contribution in [0.25, 0.3) is 0 Å². The van der Waals surface area contributed by atoms with Crippen LogP contribution in [0.15, 0.2) is 11.4 Å². The fourth-order valence-electron chi connectivity index (χ4n) is 0.776. The lowest BCUT2D eigenvalue weighted by atomic mass is 10.4. The summed E-state index contributed by atoms with van der Waals surface area (Å²) in [6.07, 6.45) is 0.550. The monoisotopic (exact) mass is 184 g/mol. The molecule has 0 spiro atoms. The van der Waals surface area contributed by atoms with Crippen molar-refractivity contribution in [3.63, 3.8) is 0 Å². The number of carbonyl (C=O) groups is 2. The molecule has 64 valence electrons. The number of nitrogens with one attached hydrogen (secondary N) is 2. The van der Waals surface area contributed by atoms with Gasteiger partial charge in [-0.15, -0.1) is 11.3 Å². The van der Waals surface area contributed by atoms with Crippen LogP contribution in [0.1, 0.15) is 9.67 Å². The number of hydrogen-bond acceptors (Lipinski definition) is 3. The topological polar surface area (TPSA) is 58.2 Å². The fraction of sp³-hybridized carbons (Fsp3) is 0.143. The van der Waals surface area contributed by atoms with E-state index in [4.69, 9.17) is 0 Å². The van der Waals surface area contributed by atoms with E-state index in [1.807, 2.05) is 0 Å². The van der Waals surface area contributed by atoms with Crippen LogP contribution in [0.2, 0.25) is 0 Å². The van der Waals surface area contributed by atoms with Crippen molar-refractivity contribution >= 4 is 29.3 Å². The third-order valence-electron chi connectivity index (χ3n) is 1.31. The molecule has 1 aromatic rings. The molecule has 0 aliphatic heterocycles. The summed E-state index contributed by atoms with van der Waals surface area (Å²) < 4.78 is 0. The van der Waals surface area contributed by atoms with E-state index < -0.39 is 0 Å². The predicted octanol–water partition coefficient (Wildman–Crippen LogP) is 0.676. The highest BCUT2D eigenvalue weighted by atomic mass is 32.1. The summed E-state index contributed by atoms with van der Waals surface area (Å²) in [5.41, 5.74) is 0.550. The minimum atomic E-state index is -0.186. The number of carbonyl (C=O) groups excluding carboxylic acids is 2. The molecule has 0 unspecified atom stereocenters. The van der Waals surface area contributed by atoms with Crippen molar-refractivity contribution in [2.75, 3.05) is 12.4 Å². The Bertz CT molecular complexity index is 295. The highest BCUT2D eigenvalue weighted by molar-refractivity contribution is 7.12. The Kier molecular flexibility index (Phi) is 2.82. The Morgan fingerprint density at radius 3 is 3.00 bits per heavy atom. The van der Waals surface area contributed by atoms with Crippen LogP contribution in [0, 0.1) is 0 Å². The first-order chi connectivity index (χ1) is 5.79. The third kappa shape index (κ3) is 1.62. The molecule has 4 nitrogen and oxygen atoms in total. The molecule has 2 amide bonds. The number of anilines is 1. The molecular weight excluding hydrogens is 176 g/mol. The molecule has 0 saturated heterocycles. The van der Waals surface area contributed by atoms with Gasteiger partial charge in [0.05, 0.1) is 5.69 Å². The van der Waals surface area contributed by atoms with Crippen molar-refractivity contribution in [1.29, 1.82) is 0 Å². The number of rotatable bonds is 3. The average Bonchev–Trinajstić information content (AvgIpc) is 2.52. The lowest BCUT2D eigenvalue weighted by molar-refractivity contribution is -0.105. The third-order valence-corrected chi connectivity index (χ3v) is 2.23. The Balaban J connectivity index is 2.90. The summed E-state index contributed by atoms with van der Waals surface area (Å²) in [5, 5.41) is 6.67. The molecule has 5 heteroatoms. The molecule has 2 N–H and O–H groups in total. The van der Waals surface area contributed by atoms with Crippen LogP contribution in [0.4, 0.5) is 5.69 Å². The fourth-order valence-corrected chi connectivity index (χ4v) is 1.58. The first-order valence-electron chi connectivity index (χ1n) is 3.29. The van der Waals surface area contributed by atoms with Crippen molar-refractivity contribution in [3.8, 4) is 0 Å². The van der Waals surface area contributed by atoms with Crippen molar-refractivity contribution in [1.82, 2.24) is 5.32 Å². The zero-order chi connectivity index (χ0) is 8.97. The van der Waals surface area contributed by atoms with Crippen LogP contribution in [0.3, 0.4) is 0 Å². The summed E-state index contributed by atoms with van der Waals surface area (Å²) in [7, 11) is 1.55. The maximum atomic E-state index is 11.1. The largest absolute Gasteiger partial charge is 0.354 e. The molecule has 0 atom stereocenters. The molecular formula is C7H8N2O2S. The standard InChI is InChI=1S/C7H8N2O2S/c1-8-7(11)6-5(9-4-10)2-3-12-6/h2-4H,1H3,(H,8,11)(H,9,10). The van der Waals surface area contributed by atoms with Gasteiger partial charge in [-0.3, -0.25) is 9.59 Å². The molecule has 0 bridgehead atoms. The van der Waals surface area contributed by atoms with Crippen LogP contribution >= 0.6 is 11.3 Å². The van der Waals surface area contributed by atoms with E-state index in [9.17, 15) is 9.59 Å². The van der Waals surface area contributed by atoms with E-state index in [0.29, 0.717) is 17.0 Å². The second kappa shape index (κ2) is 3.87. The summed E-state index contributed by atoms with van der Waals surface area (Å²) >= 11 is 1.29. The smallest absolute Gasteiger partial charge is 0.263 e. The molecule has 1 heterocycles. The maximum absolute atomic E-state index is 11.1. The minimum Gasteiger partial charge on any atom is -0.354 e. The van der Waals surface area contributed by atoms with Gasteiger partial charge in [0.1, 0.15) is 4.88 Å². The van der Waals surface area contributed by atoms with Crippen LogP contribution in [-0.2, 0) is 4.79 Å². The molecule has 1 rings (SSSR count). The quantitative estimate of drug-likeness (QED) is 0.678. The SMILES string of the molecule is CNC(=O)c1sccc1NC=O. The Morgan fingerprint density at radius 1 is 1.67 bits per heavy atom. The van der Waals surface area contributed by atoms with Crippen LogP contribution < -0.4 is 10.6 Å². The highest BCUT2D eigenvalue weighted by Crippen LogP contribution is 2.20. The number of thiophene rings is 1. The molecule has 0 aromatic carbocycles. The molecule has 0 radical (unpaired) electrons. The first kappa shape index (κ1) is 8.73. The minimum absolute atomic E-state index is 0.186. The van der Waals surface area contributed by atoms with E-state index in [-0.39, 0.29) is 5.91 Å². The van der Waals surface area contributed by atoms with Crippen molar-refractivity contribution < 1.29 is 9.59 Å². The lowest BCUT2D eigenvalue weighted by Gasteiger charge is -1.98. The summed E-state index contributed by atoms with van der Waals surface area (Å²) in [6, 6.07) is 1.68. The van der Waals surface area contributed by atoms with Gasteiger partial charge in [-0.2, -0.15) is 0 Å². The van der Waals surface area contributed by atoms with Gasteiger partial charge in [0.25, 0.3) is 5.91 Å². The van der Waals surface area contributed by atoms with E-state index in [1.54, 1.807) is 18.5 Å². The Hall–Kier alpha value is -1.36. The lowest BCUT2D eigenvalue weighted by Crippen LogP contribution is -2.17. The zero-order valence-electron chi connectivity index (χ0n) is 6.46. The van der Waals surface area contributed by atoms with Crippen molar-refractivity contribution in [3.05, 3.63) is 16.3 Å². The molecule has 1 aromatic heterocycles. The number of hydrogen-bond donors (Lipinski definition) is 2. The highest BCUT2D eigenvalue weighted by Gasteiger charge is 2.10. The van der Waals surface area contributed by atoms with Gasteiger partial charge < -0.3 is 10.6 Å². The molecule has 0 fully saturated rings. The second-order valence-corrected chi connectivity index (χ2v) is 2.92. The summed E-state index contributed by atoms with van der Waals surface area (Å²) in [5.74, 6) is -0.186. The van der Waals surface area contributed by atoms with Gasteiger partial charge in [0.15, 0.2) is 0 Å². The molecule has 0 aliphatic carbocycles. The van der Waals surface area contributed by atoms with Gasteiger partial charge in [-0.05, 0) is 11.4 Å². The van der Waals surface area contributed by atoms with Crippen molar-refractivity contribution in [2.45, 2.75) is 0 Å². The molecule has 12 heavy (non-hydrogen) atoms. The molecule has 0 saturated carbocycles. The summed E-state index contributed by atoms with van der Waals surface area (Å²) in [4.78, 5) is 21.7. The van der Waals surface area contributed by atoms with Gasteiger partial charge in [-0.1, -0.05) is 0 Å².